The van der Waals surface area contributed by atoms with Crippen molar-refractivity contribution in [3.63, 3.8) is 0 Å². The zero-order chi connectivity index (χ0) is 19.6. The lowest BCUT2D eigenvalue weighted by Crippen LogP contribution is -2.58. The highest BCUT2D eigenvalue weighted by molar-refractivity contribution is 5.69. The van der Waals surface area contributed by atoms with E-state index >= 15 is 0 Å². The van der Waals surface area contributed by atoms with Gasteiger partial charge in [0.1, 0.15) is 0 Å². The van der Waals surface area contributed by atoms with Crippen molar-refractivity contribution in [1.29, 1.82) is 0 Å². The summed E-state index contributed by atoms with van der Waals surface area (Å²) in [5.74, 6) is 1.74. The van der Waals surface area contributed by atoms with E-state index in [1.54, 1.807) is 0 Å². The molecule has 0 amide bonds. The van der Waals surface area contributed by atoms with Crippen molar-refractivity contribution in [2.45, 2.75) is 6.92 Å². The highest BCUT2D eigenvalue weighted by Gasteiger charge is 2.19. The molecule has 2 aromatic carbocycles. The molecule has 1 N–H and O–H groups in total. The largest absolute Gasteiger partial charge is 0.311 e. The molecule has 140 valence electrons. The van der Waals surface area contributed by atoms with Crippen LogP contribution in [0.15, 0.2) is 60.7 Å². The van der Waals surface area contributed by atoms with Gasteiger partial charge in [-0.15, -0.1) is 10.2 Å². The fraction of sp³-hybridized carbons (Fsp3) is 0.111. The minimum absolute atomic E-state index is 0.857. The van der Waals surface area contributed by atoms with E-state index in [9.17, 15) is 0 Å². The van der Waals surface area contributed by atoms with E-state index in [1.165, 1.54) is 11.3 Å². The second-order valence-corrected chi connectivity index (χ2v) is 6.57. The predicted molar refractivity (Wildman–Crippen MR) is 89.8 cm³/mol. The summed E-state index contributed by atoms with van der Waals surface area (Å²) in [6.45, 7) is 2.12. The number of hydrogen-bond acceptors (Lipinski definition) is 6. The van der Waals surface area contributed by atoms with E-state index in [2.05, 4.69) is 62.5 Å². The Balaban J connectivity index is 0.000000376. The number of hydrogen-bond donors (Lipinski definition) is 1. The van der Waals surface area contributed by atoms with Crippen LogP contribution < -0.4 is 14.0 Å². The summed E-state index contributed by atoms with van der Waals surface area (Å²) < 4.78 is 36.9. The number of benzene rings is 2. The number of aromatic nitrogens is 4. The van der Waals surface area contributed by atoms with Crippen LogP contribution in [0, 0.1) is 17.2 Å². The van der Waals surface area contributed by atoms with Gasteiger partial charge in [0.25, 0.3) is 0 Å². The molecule has 27 heavy (non-hydrogen) atoms. The molecule has 0 unspecified atom stereocenters. The SMILES string of the molecule is Cc1c(-c2ccccc2)n(C)c2nnc(-c3ccccc3)n12.[O-][Cl+3]([O-])([O-])O. The van der Waals surface area contributed by atoms with Crippen molar-refractivity contribution in [1.82, 2.24) is 19.2 Å². The normalized spacial score (nSPS) is 11.3. The van der Waals surface area contributed by atoms with E-state index < -0.39 is 10.2 Å². The fourth-order valence-electron chi connectivity index (χ4n) is 3.02. The monoisotopic (exact) mass is 388 g/mol. The molecule has 2 aromatic heterocycles. The van der Waals surface area contributed by atoms with Gasteiger partial charge in [-0.2, -0.15) is 14.0 Å². The van der Waals surface area contributed by atoms with E-state index in [4.69, 9.17) is 18.6 Å². The average molecular weight is 389 g/mol. The summed E-state index contributed by atoms with van der Waals surface area (Å²) in [4.78, 5) is 0. The van der Waals surface area contributed by atoms with Gasteiger partial charge >= 0.3 is 0 Å². The number of rotatable bonds is 2. The number of aryl methyl sites for hydroxylation is 2. The molecule has 0 aliphatic carbocycles. The molecule has 0 saturated heterocycles. The van der Waals surface area contributed by atoms with E-state index in [1.807, 2.05) is 31.3 Å². The maximum absolute atomic E-state index is 8.60. The molecule has 8 nitrogen and oxygen atoms in total. The van der Waals surface area contributed by atoms with Crippen molar-refractivity contribution in [3.8, 4) is 22.6 Å². The molecule has 4 rings (SSSR count). The Labute approximate surface area is 157 Å². The second-order valence-electron chi connectivity index (χ2n) is 5.78. The molecule has 2 heterocycles. The first kappa shape index (κ1) is 19.0. The van der Waals surface area contributed by atoms with Gasteiger partial charge in [0.2, 0.25) is 5.78 Å². The summed E-state index contributed by atoms with van der Waals surface area (Å²) in [6, 6.07) is 20.6. The Hall–Kier alpha value is -2.75. The Kier molecular flexibility index (Phi) is 5.26. The van der Waals surface area contributed by atoms with Gasteiger partial charge in [-0.25, -0.2) is 0 Å². The summed E-state index contributed by atoms with van der Waals surface area (Å²) in [5.41, 5.74) is 4.57. The van der Waals surface area contributed by atoms with Gasteiger partial charge in [0.15, 0.2) is 5.82 Å². The van der Waals surface area contributed by atoms with Crippen molar-refractivity contribution in [3.05, 3.63) is 66.4 Å². The van der Waals surface area contributed by atoms with E-state index in [0.717, 1.165) is 22.9 Å². The summed E-state index contributed by atoms with van der Waals surface area (Å²) in [6.07, 6.45) is 0. The molecule has 0 aliphatic rings. The third kappa shape index (κ3) is 4.16. The summed E-state index contributed by atoms with van der Waals surface area (Å²) in [5, 5.41) is 8.75. The molecule has 0 bridgehead atoms. The van der Waals surface area contributed by atoms with Gasteiger partial charge in [0, 0.05) is 23.9 Å². The number of fused-ring (bicyclic) bond motifs is 1. The van der Waals surface area contributed by atoms with Crippen LogP contribution in [-0.4, -0.2) is 23.8 Å². The number of imidazole rings is 1. The molecule has 0 saturated carbocycles. The van der Waals surface area contributed by atoms with Gasteiger partial charge in [-0.3, -0.25) is 4.40 Å². The van der Waals surface area contributed by atoms with Crippen molar-refractivity contribution < 1.29 is 28.9 Å². The van der Waals surface area contributed by atoms with E-state index in [0.29, 0.717) is 0 Å². The molecule has 0 aliphatic heterocycles. The third-order valence-corrected chi connectivity index (χ3v) is 4.04. The number of halogens is 1. The van der Waals surface area contributed by atoms with Crippen LogP contribution in [0.3, 0.4) is 0 Å². The Morgan fingerprint density at radius 3 is 1.85 bits per heavy atom. The predicted octanol–water partition coefficient (Wildman–Crippen LogP) is -0.414. The number of nitrogens with zero attached hydrogens (tertiary/aromatic N) is 4. The lowest BCUT2D eigenvalue weighted by molar-refractivity contribution is -1.92. The third-order valence-electron chi connectivity index (χ3n) is 4.04. The van der Waals surface area contributed by atoms with Crippen LogP contribution in [0.5, 0.6) is 0 Å². The van der Waals surface area contributed by atoms with Gasteiger partial charge in [0.05, 0.1) is 20.6 Å². The van der Waals surface area contributed by atoms with Crippen molar-refractivity contribution in [2.75, 3.05) is 0 Å². The molecule has 0 fully saturated rings. The molecule has 4 aromatic rings. The van der Waals surface area contributed by atoms with Crippen LogP contribution in [0.1, 0.15) is 5.69 Å². The second kappa shape index (κ2) is 7.47. The minimum atomic E-state index is -4.69. The Morgan fingerprint density at radius 2 is 1.33 bits per heavy atom. The summed E-state index contributed by atoms with van der Waals surface area (Å²) in [7, 11) is -2.66. The Morgan fingerprint density at radius 1 is 0.852 bits per heavy atom. The highest BCUT2D eigenvalue weighted by Crippen LogP contribution is 2.29. The zero-order valence-electron chi connectivity index (χ0n) is 14.6. The molecule has 9 heteroatoms. The van der Waals surface area contributed by atoms with Crippen molar-refractivity contribution >= 4 is 5.78 Å². The highest BCUT2D eigenvalue weighted by atomic mass is 35.7. The van der Waals surface area contributed by atoms with Gasteiger partial charge in [-0.05, 0) is 6.92 Å². The standard InChI is InChI=1S/C18H16N4.ClHO4/c1-13-16(14-9-5-3-6-10-14)21(2)18-20-19-17(22(13)18)15-11-7-4-8-12-15;2-1(3,4)5/h3-12H,1-2H3;(H,2,3,4,5). The van der Waals surface area contributed by atoms with Crippen molar-refractivity contribution in [2.24, 2.45) is 7.05 Å². The minimum Gasteiger partial charge on any atom is -0.311 e. The fourth-order valence-corrected chi connectivity index (χ4v) is 3.02. The molecule has 0 spiro atoms. The summed E-state index contributed by atoms with van der Waals surface area (Å²) >= 11 is 0. The zero-order valence-corrected chi connectivity index (χ0v) is 15.4. The molecular formula is C18H17ClN4O4. The smallest absolute Gasteiger partial charge is 0.236 e. The van der Waals surface area contributed by atoms with Crippen LogP contribution in [-0.2, 0) is 7.05 Å². The quantitative estimate of drug-likeness (QED) is 0.497. The first-order valence-corrected chi connectivity index (χ1v) is 9.18. The van der Waals surface area contributed by atoms with Crippen LogP contribution in [0.25, 0.3) is 28.4 Å². The Bertz CT molecular complexity index is 1030. The van der Waals surface area contributed by atoms with Crippen LogP contribution >= 0.6 is 0 Å². The lowest BCUT2D eigenvalue weighted by atomic mass is 10.1. The molecular weight excluding hydrogens is 372 g/mol. The maximum Gasteiger partial charge on any atom is 0.236 e. The van der Waals surface area contributed by atoms with Gasteiger partial charge in [-0.1, -0.05) is 60.7 Å². The molecule has 0 atom stereocenters. The van der Waals surface area contributed by atoms with E-state index in [-0.39, 0.29) is 0 Å². The average Bonchev–Trinajstić information content (AvgIpc) is 3.16. The first-order valence-electron chi connectivity index (χ1n) is 7.92. The molecule has 0 radical (unpaired) electrons. The lowest BCUT2D eigenvalue weighted by Gasteiger charge is -2.04. The van der Waals surface area contributed by atoms with Crippen LogP contribution in [0.2, 0.25) is 0 Å². The van der Waals surface area contributed by atoms with Crippen LogP contribution in [0.4, 0.5) is 0 Å². The maximum atomic E-state index is 8.60. The first-order chi connectivity index (χ1) is 12.8. The van der Waals surface area contributed by atoms with Gasteiger partial charge < -0.3 is 4.57 Å². The topological polar surface area (TPSA) is 125 Å².